The van der Waals surface area contributed by atoms with Gasteiger partial charge in [-0.3, -0.25) is 19.5 Å². The Labute approximate surface area is 433 Å². The van der Waals surface area contributed by atoms with Gasteiger partial charge in [0.05, 0.1) is 59.0 Å². The fourth-order valence-electron chi connectivity index (χ4n) is 11.6. The normalized spacial score (nSPS) is 40.4. The van der Waals surface area contributed by atoms with Crippen molar-refractivity contribution in [3.8, 4) is 0 Å². The van der Waals surface area contributed by atoms with E-state index in [4.69, 9.17) is 28.4 Å². The third kappa shape index (κ3) is 13.6. The quantitative estimate of drug-likeness (QED) is 0.142. The first-order valence-electron chi connectivity index (χ1n) is 26.5. The molecule has 2 aromatic rings. The van der Waals surface area contributed by atoms with E-state index in [9.17, 15) is 38.4 Å². The van der Waals surface area contributed by atoms with E-state index in [-0.39, 0.29) is 55.0 Å². The first-order chi connectivity index (χ1) is 34.2. The number of aliphatic hydroxyl groups is 4. The van der Waals surface area contributed by atoms with E-state index in [0.717, 1.165) is 10.8 Å². The average Bonchev–Trinajstić information content (AvgIpc) is 3.34. The van der Waals surface area contributed by atoms with Crippen molar-refractivity contribution in [1.29, 1.82) is 0 Å². The summed E-state index contributed by atoms with van der Waals surface area (Å²) in [6.45, 7) is 21.2. The molecule has 4 saturated heterocycles. The van der Waals surface area contributed by atoms with Gasteiger partial charge in [-0.15, -0.1) is 0 Å². The molecule has 0 spiro atoms. The van der Waals surface area contributed by atoms with Gasteiger partial charge in [-0.05, 0) is 118 Å². The lowest BCUT2D eigenvalue weighted by atomic mass is 9.78. The number of esters is 1. The minimum atomic E-state index is -3.78. The van der Waals surface area contributed by atoms with Crippen LogP contribution >= 0.6 is 0 Å². The molecule has 0 saturated carbocycles. The molecule has 0 radical (unpaired) electrons. The number of benzene rings is 1. The molecule has 4 aliphatic heterocycles. The highest BCUT2D eigenvalue weighted by atomic mass is 32.2. The molecule has 19 nitrogen and oxygen atoms in total. The van der Waals surface area contributed by atoms with E-state index < -0.39 is 112 Å². The number of piperazine rings is 1. The molecular weight excluding hydrogens is 963 g/mol. The minimum absolute atomic E-state index is 0.115. The monoisotopic (exact) mass is 1050 g/mol. The number of likely N-dealkylation sites (N-methyl/N-ethyl adjacent to an activating group) is 1. The second-order valence-electron chi connectivity index (χ2n) is 22.4. The lowest BCUT2D eigenvalue weighted by Gasteiger charge is -2.49. The van der Waals surface area contributed by atoms with Crippen LogP contribution in [0.15, 0.2) is 41.6 Å². The summed E-state index contributed by atoms with van der Waals surface area (Å²) in [4.78, 5) is 37.2. The maximum absolute atomic E-state index is 14.6. The van der Waals surface area contributed by atoms with Crippen molar-refractivity contribution in [3.63, 3.8) is 0 Å². The van der Waals surface area contributed by atoms with E-state index in [1.807, 2.05) is 66.6 Å². The number of pyridine rings is 1. The summed E-state index contributed by atoms with van der Waals surface area (Å²) in [6, 6.07) is 5.86. The maximum atomic E-state index is 14.6. The summed E-state index contributed by atoms with van der Waals surface area (Å²) in [5.74, 6) is -4.45. The highest BCUT2D eigenvalue weighted by Crippen LogP contribution is 2.40. The van der Waals surface area contributed by atoms with Gasteiger partial charge in [0.15, 0.2) is 12.6 Å². The molecular formula is C53H87N5O14S. The third-order valence-corrected chi connectivity index (χ3v) is 18.1. The highest BCUT2D eigenvalue weighted by Gasteiger charge is 2.53. The van der Waals surface area contributed by atoms with E-state index >= 15 is 0 Å². The Bertz CT molecular complexity index is 2250. The largest absolute Gasteiger partial charge is 0.459 e. The Morgan fingerprint density at radius 3 is 2.29 bits per heavy atom. The highest BCUT2D eigenvalue weighted by molar-refractivity contribution is 7.89. The van der Waals surface area contributed by atoms with Crippen molar-refractivity contribution in [2.75, 3.05) is 46.9 Å². The standard InChI is InChI=1S/C53H87N5O14S/c1-14-42-53(11,64)47(61)36(8)49(62)55-31(3)27-52(10,67-23-15-20-57-21-22-58(29-32(57)4)73(65,66)40-17-16-38-18-19-54-28-39(38)26-40)48(72-51-45(60)41(56(12)13)25-33(5)68-51)34(6)46(35(7)50(63)70-42)71-43-24-30(2)44(59)37(9)69-43/h16-19,26,28,30-37,41-48,51,59-61,64H,14-15,20-25,27,29H2,1-13H3,(H,55,62). The van der Waals surface area contributed by atoms with Gasteiger partial charge in [0.2, 0.25) is 15.9 Å². The Morgan fingerprint density at radius 1 is 0.918 bits per heavy atom. The number of fused-ring (bicyclic) bond motifs is 1. The van der Waals surface area contributed by atoms with Crippen LogP contribution in [0.25, 0.3) is 10.8 Å². The van der Waals surface area contributed by atoms with Crippen molar-refractivity contribution in [2.24, 2.45) is 23.7 Å². The Balaban J connectivity index is 1.33. The number of carbonyl (C=O) groups excluding carboxylic acids is 2. The lowest BCUT2D eigenvalue weighted by Crippen LogP contribution is -2.61. The molecule has 1 aromatic carbocycles. The molecule has 0 bridgehead atoms. The number of aliphatic hydroxyl groups excluding tert-OH is 3. The molecule has 5 N–H and O–H groups in total. The summed E-state index contributed by atoms with van der Waals surface area (Å²) in [6.07, 6.45) is -4.79. The van der Waals surface area contributed by atoms with Crippen LogP contribution in [-0.2, 0) is 48.0 Å². The molecule has 4 fully saturated rings. The van der Waals surface area contributed by atoms with Crippen LogP contribution in [0, 0.1) is 23.7 Å². The fraction of sp³-hybridized carbons (Fsp3) is 0.792. The number of sulfonamides is 1. The maximum Gasteiger partial charge on any atom is 0.311 e. The number of aromatic nitrogens is 1. The Morgan fingerprint density at radius 2 is 1.63 bits per heavy atom. The third-order valence-electron chi connectivity index (χ3n) is 16.2. The molecule has 73 heavy (non-hydrogen) atoms. The van der Waals surface area contributed by atoms with Crippen molar-refractivity contribution in [1.82, 2.24) is 24.4 Å². The van der Waals surface area contributed by atoms with Crippen LogP contribution in [0.1, 0.15) is 108 Å². The van der Waals surface area contributed by atoms with Crippen LogP contribution in [0.2, 0.25) is 0 Å². The van der Waals surface area contributed by atoms with E-state index in [1.54, 1.807) is 51.4 Å². The molecule has 4 aliphatic rings. The van der Waals surface area contributed by atoms with Crippen LogP contribution < -0.4 is 5.32 Å². The van der Waals surface area contributed by atoms with Gasteiger partial charge >= 0.3 is 5.97 Å². The summed E-state index contributed by atoms with van der Waals surface area (Å²) in [5, 5.41) is 51.0. The SMILES string of the molecule is CCC1OC(=O)C(C)C(OC2CC(C)C(O)C(C)O2)C(C)C(OC2OC(C)CC(N(C)C)C2O)C(C)(OCCCN2CCN(S(=O)(=O)c3ccc4ccncc4c3)CC2C)CC(C)NC(=O)C(C)C(O)C1(C)O. The number of amides is 1. The second kappa shape index (κ2) is 24.6. The van der Waals surface area contributed by atoms with Gasteiger partial charge in [-0.25, -0.2) is 8.42 Å². The number of cyclic esters (lactones) is 1. The number of rotatable bonds is 13. The molecule has 19 atom stereocenters. The van der Waals surface area contributed by atoms with Gasteiger partial charge < -0.3 is 59.1 Å². The zero-order chi connectivity index (χ0) is 53.9. The Hall–Kier alpha value is -2.96. The molecule has 20 heteroatoms. The zero-order valence-electron chi connectivity index (χ0n) is 45.4. The van der Waals surface area contributed by atoms with Crippen molar-refractivity contribution in [2.45, 2.75) is 204 Å². The summed E-state index contributed by atoms with van der Waals surface area (Å²) >= 11 is 0. The predicted octanol–water partition coefficient (Wildman–Crippen LogP) is 3.67. The molecule has 0 aliphatic carbocycles. The molecule has 1 amide bonds. The summed E-state index contributed by atoms with van der Waals surface area (Å²) in [5.41, 5.74) is -3.36. The van der Waals surface area contributed by atoms with Crippen LogP contribution in [0.5, 0.6) is 0 Å². The number of carbonyl (C=O) groups is 2. The summed E-state index contributed by atoms with van der Waals surface area (Å²) < 4.78 is 69.2. The van der Waals surface area contributed by atoms with Crippen LogP contribution in [0.3, 0.4) is 0 Å². The van der Waals surface area contributed by atoms with Gasteiger partial charge in [0, 0.05) is 81.0 Å². The first kappa shape index (κ1) is 59.3. The number of nitrogens with zero attached hydrogens (tertiary/aromatic N) is 4. The number of ether oxygens (including phenoxy) is 6. The second-order valence-corrected chi connectivity index (χ2v) is 24.3. The predicted molar refractivity (Wildman–Crippen MR) is 273 cm³/mol. The average molecular weight is 1050 g/mol. The number of hydrogen-bond acceptors (Lipinski definition) is 17. The number of hydrogen-bond donors (Lipinski definition) is 5. The molecule has 414 valence electrons. The van der Waals surface area contributed by atoms with Gasteiger partial charge in [0.25, 0.3) is 0 Å². The number of nitrogens with one attached hydrogen (secondary N) is 1. The topological polar surface area (TPSA) is 239 Å². The molecule has 5 heterocycles. The molecule has 6 rings (SSSR count). The zero-order valence-corrected chi connectivity index (χ0v) is 46.2. The lowest BCUT2D eigenvalue weighted by molar-refractivity contribution is -0.313. The van der Waals surface area contributed by atoms with Crippen molar-refractivity contribution < 1.29 is 66.9 Å². The van der Waals surface area contributed by atoms with E-state index in [0.29, 0.717) is 38.9 Å². The van der Waals surface area contributed by atoms with Gasteiger partial charge in [-0.1, -0.05) is 33.8 Å². The Kier molecular flexibility index (Phi) is 20.0. The van der Waals surface area contributed by atoms with Gasteiger partial charge in [-0.2, -0.15) is 4.31 Å². The van der Waals surface area contributed by atoms with Crippen LogP contribution in [-0.4, -0.2) is 197 Å². The van der Waals surface area contributed by atoms with Crippen LogP contribution in [0.4, 0.5) is 0 Å². The van der Waals surface area contributed by atoms with Crippen molar-refractivity contribution in [3.05, 3.63) is 36.7 Å². The van der Waals surface area contributed by atoms with Crippen molar-refractivity contribution >= 4 is 32.7 Å². The minimum Gasteiger partial charge on any atom is -0.459 e. The summed E-state index contributed by atoms with van der Waals surface area (Å²) in [7, 11) is -0.0127. The van der Waals surface area contributed by atoms with Gasteiger partial charge in [0.1, 0.15) is 17.8 Å². The molecule has 1 aromatic heterocycles. The van der Waals surface area contributed by atoms with E-state index in [1.165, 1.54) is 18.2 Å². The fourth-order valence-corrected chi connectivity index (χ4v) is 13.2. The van der Waals surface area contributed by atoms with E-state index in [2.05, 4.69) is 15.2 Å². The molecule has 19 unspecified atom stereocenters. The smallest absolute Gasteiger partial charge is 0.311 e. The first-order valence-corrected chi connectivity index (χ1v) is 27.9.